The van der Waals surface area contributed by atoms with Crippen LogP contribution in [0.1, 0.15) is 83.1 Å². The smallest absolute Gasteiger partial charge is 0.456 e. The van der Waals surface area contributed by atoms with E-state index in [0.29, 0.717) is 0 Å². The van der Waals surface area contributed by atoms with Gasteiger partial charge in [-0.15, -0.1) is 0 Å². The van der Waals surface area contributed by atoms with Crippen LogP contribution in [0.25, 0.3) is 65.4 Å². The molecule has 3 fully saturated rings. The molecule has 0 saturated carbocycles. The van der Waals surface area contributed by atoms with E-state index in [1.54, 1.807) is 0 Å². The van der Waals surface area contributed by atoms with Gasteiger partial charge in [-0.25, -0.2) is 0 Å². The maximum atomic E-state index is 6.21. The summed E-state index contributed by atoms with van der Waals surface area (Å²) < 4.78 is 49.3. The van der Waals surface area contributed by atoms with E-state index in [2.05, 4.69) is 116 Å². The summed E-state index contributed by atoms with van der Waals surface area (Å²) in [6, 6.07) is 37.6. The third kappa shape index (κ3) is 7.59. The zero-order chi connectivity index (χ0) is 44.2. The first-order valence-corrected chi connectivity index (χ1v) is 22.2. The van der Waals surface area contributed by atoms with Crippen LogP contribution in [-0.2, 0) is 27.9 Å². The molecular weight excluding hydrogens is 841 g/mol. The van der Waals surface area contributed by atoms with Gasteiger partial charge in [-0.2, -0.15) is 0 Å². The molecule has 12 heteroatoms. The maximum Gasteiger partial charge on any atom is 0.494 e. The summed E-state index contributed by atoms with van der Waals surface area (Å²) >= 11 is 3.51. The minimum absolute atomic E-state index is 0.346. The Balaban J connectivity index is 0.000000122. The van der Waals surface area contributed by atoms with E-state index in [-0.39, 0.29) is 40.7 Å². The van der Waals surface area contributed by atoms with Gasteiger partial charge in [0.05, 0.1) is 33.6 Å². The van der Waals surface area contributed by atoms with Crippen molar-refractivity contribution < 1.29 is 36.8 Å². The van der Waals surface area contributed by atoms with E-state index in [4.69, 9.17) is 36.8 Å². The fourth-order valence-corrected chi connectivity index (χ4v) is 8.40. The van der Waals surface area contributed by atoms with Crippen molar-refractivity contribution in [1.29, 1.82) is 0 Å². The normalized spacial score (nSPS) is 20.6. The van der Waals surface area contributed by atoms with Crippen LogP contribution in [0.4, 0.5) is 0 Å². The average molecular weight is 895 g/mol. The van der Waals surface area contributed by atoms with Crippen LogP contribution in [0.5, 0.6) is 0 Å². The predicted molar refractivity (Wildman–Crippen MR) is 258 cm³/mol. The van der Waals surface area contributed by atoms with Crippen molar-refractivity contribution in [2.45, 2.75) is 117 Å². The van der Waals surface area contributed by atoms with Crippen molar-refractivity contribution in [3.8, 4) is 0 Å². The molecule has 8 aromatic rings. The lowest BCUT2D eigenvalue weighted by Crippen LogP contribution is -2.41. The van der Waals surface area contributed by atoms with Gasteiger partial charge in [0.1, 0.15) is 22.3 Å². The zero-order valence-electron chi connectivity index (χ0n) is 37.8. The predicted octanol–water partition coefficient (Wildman–Crippen LogP) is 12.8. The first-order valence-electron chi connectivity index (χ1n) is 21.5. The topological polar surface area (TPSA) is 81.7 Å². The van der Waals surface area contributed by atoms with Crippen LogP contribution in [0.15, 0.2) is 123 Å². The number of hydrogen-bond acceptors (Lipinski definition) is 8. The van der Waals surface area contributed by atoms with Gasteiger partial charge < -0.3 is 36.8 Å². The lowest BCUT2D eigenvalue weighted by molar-refractivity contribution is 0.00578. The van der Waals surface area contributed by atoms with Gasteiger partial charge in [-0.3, -0.25) is 0 Å². The Morgan fingerprint density at radius 3 is 1.11 bits per heavy atom. The first-order chi connectivity index (χ1) is 29.0. The second-order valence-corrected chi connectivity index (χ2v) is 20.7. The molecule has 318 valence electrons. The van der Waals surface area contributed by atoms with E-state index < -0.39 is 14.0 Å². The van der Waals surface area contributed by atoms with E-state index in [9.17, 15) is 0 Å². The molecule has 0 atom stereocenters. The Labute approximate surface area is 373 Å². The molecule has 0 radical (unpaired) electrons. The minimum atomic E-state index is -0.476. The molecular formula is C50H54B3BrO8. The van der Waals surface area contributed by atoms with Crippen LogP contribution in [0.2, 0.25) is 0 Å². The molecule has 0 unspecified atom stereocenters. The number of benzene rings is 6. The number of fused-ring (bicyclic) bond motifs is 8. The maximum absolute atomic E-state index is 6.21. The van der Waals surface area contributed by atoms with Gasteiger partial charge in [-0.05, 0) is 159 Å². The summed E-state index contributed by atoms with van der Waals surface area (Å²) in [5.74, 6) is 0. The van der Waals surface area contributed by atoms with Gasteiger partial charge in [0.2, 0.25) is 0 Å². The molecule has 5 heterocycles. The average Bonchev–Trinajstić information content (AvgIpc) is 3.92. The Bertz CT molecular complexity index is 2920. The SMILES string of the molecule is Brc1ccc2oc3cc4ccccc4cc3c2c1.CC1(C)OB(B2OC(C)(C)C(C)(C)O2)OC1(C)C.CC1(C)OB(c2ccc3oc4cc5ccccc5cc4c3c2)OC1(C)C. The van der Waals surface area contributed by atoms with Crippen LogP contribution in [0, 0.1) is 0 Å². The Morgan fingerprint density at radius 1 is 0.355 bits per heavy atom. The molecule has 11 rings (SSSR count). The number of hydrogen-bond donors (Lipinski definition) is 0. The van der Waals surface area contributed by atoms with Crippen molar-refractivity contribution >= 4 is 108 Å². The summed E-state index contributed by atoms with van der Waals surface area (Å²) in [5.41, 5.74) is 2.56. The summed E-state index contributed by atoms with van der Waals surface area (Å²) in [6.07, 6.45) is 0. The zero-order valence-corrected chi connectivity index (χ0v) is 39.4. The standard InChI is InChI=1S/C22H21BO3.C16H9BrO.C12H24B2O4/c1-21(2)22(3,4)26-23(25-21)16-9-10-19-18(13-16)17-11-14-7-5-6-8-15(14)12-20(17)24-19;17-12-5-6-15-14(9-12)13-7-10-3-1-2-4-11(10)8-16(13)18-15;1-9(2)10(3,4)16-13(15-9)14-17-11(5,6)12(7,8)18-14/h5-13H,1-4H3;1-9H;1-8H3. The fourth-order valence-electron chi connectivity index (χ4n) is 8.04. The van der Waals surface area contributed by atoms with Gasteiger partial charge >= 0.3 is 21.1 Å². The van der Waals surface area contributed by atoms with Gasteiger partial charge in [0, 0.05) is 26.0 Å². The molecule has 0 amide bonds. The third-order valence-corrected chi connectivity index (χ3v) is 14.4. The molecule has 6 aromatic carbocycles. The molecule has 0 spiro atoms. The Kier molecular flexibility index (Phi) is 10.4. The van der Waals surface area contributed by atoms with E-state index in [1.165, 1.54) is 26.9 Å². The van der Waals surface area contributed by atoms with E-state index >= 15 is 0 Å². The first kappa shape index (κ1) is 43.1. The van der Waals surface area contributed by atoms with Crippen LogP contribution in [0.3, 0.4) is 0 Å². The molecule has 62 heavy (non-hydrogen) atoms. The van der Waals surface area contributed by atoms with Gasteiger partial charge in [-0.1, -0.05) is 76.6 Å². The fraction of sp³-hybridized carbons (Fsp3) is 0.360. The second-order valence-electron chi connectivity index (χ2n) is 19.8. The second kappa shape index (κ2) is 15.0. The number of rotatable bonds is 2. The van der Waals surface area contributed by atoms with Crippen molar-refractivity contribution in [1.82, 2.24) is 0 Å². The molecule has 3 aliphatic rings. The van der Waals surface area contributed by atoms with Crippen LogP contribution >= 0.6 is 15.9 Å². The highest BCUT2D eigenvalue weighted by molar-refractivity contribution is 9.10. The van der Waals surface area contributed by atoms with E-state index in [0.717, 1.165) is 48.4 Å². The molecule has 0 aliphatic carbocycles. The molecule has 0 bridgehead atoms. The van der Waals surface area contributed by atoms with Gasteiger partial charge in [0.25, 0.3) is 0 Å². The summed E-state index contributed by atoms with van der Waals surface area (Å²) in [6.45, 7) is 24.5. The molecule has 0 N–H and O–H groups in total. The molecule has 2 aromatic heterocycles. The van der Waals surface area contributed by atoms with Crippen molar-refractivity contribution in [3.05, 3.63) is 114 Å². The highest BCUT2D eigenvalue weighted by atomic mass is 79.9. The summed E-state index contributed by atoms with van der Waals surface area (Å²) in [7, 11) is -1.32. The third-order valence-electron chi connectivity index (χ3n) is 14.0. The van der Waals surface area contributed by atoms with Crippen molar-refractivity contribution in [3.63, 3.8) is 0 Å². The number of halogens is 1. The lowest BCUT2D eigenvalue weighted by atomic mass is 9.49. The molecule has 3 aliphatic heterocycles. The Morgan fingerprint density at radius 2 is 0.694 bits per heavy atom. The van der Waals surface area contributed by atoms with Gasteiger partial charge in [0.15, 0.2) is 0 Å². The van der Waals surface area contributed by atoms with Crippen molar-refractivity contribution in [2.24, 2.45) is 0 Å². The molecule has 8 nitrogen and oxygen atoms in total. The monoisotopic (exact) mass is 894 g/mol. The van der Waals surface area contributed by atoms with E-state index in [1.807, 2.05) is 91.8 Å². The number of furan rings is 2. The molecule has 3 saturated heterocycles. The van der Waals surface area contributed by atoms with Crippen molar-refractivity contribution in [2.75, 3.05) is 0 Å². The highest BCUT2D eigenvalue weighted by Crippen LogP contribution is 2.43. The van der Waals surface area contributed by atoms with Crippen LogP contribution in [-0.4, -0.2) is 54.7 Å². The summed E-state index contributed by atoms with van der Waals surface area (Å²) in [5, 5.41) is 9.40. The van der Waals surface area contributed by atoms with Crippen LogP contribution < -0.4 is 5.46 Å². The highest BCUT2D eigenvalue weighted by Gasteiger charge is 2.63. The summed E-state index contributed by atoms with van der Waals surface area (Å²) in [4.78, 5) is 0. The quantitative estimate of drug-likeness (QED) is 0.159. The largest absolute Gasteiger partial charge is 0.494 e. The Hall–Kier alpha value is -4.13. The minimum Gasteiger partial charge on any atom is -0.456 e. The lowest BCUT2D eigenvalue weighted by Gasteiger charge is -2.32.